The van der Waals surface area contributed by atoms with Gasteiger partial charge in [0, 0.05) is 37.9 Å². The highest BCUT2D eigenvalue weighted by Crippen LogP contribution is 2.29. The van der Waals surface area contributed by atoms with Gasteiger partial charge in [0.1, 0.15) is 17.4 Å². The second kappa shape index (κ2) is 9.89. The van der Waals surface area contributed by atoms with Crippen molar-refractivity contribution in [2.24, 2.45) is 4.99 Å². The number of halogens is 2. The third-order valence-corrected chi connectivity index (χ3v) is 6.70. The molecule has 2 atom stereocenters. The molecule has 0 saturated carbocycles. The van der Waals surface area contributed by atoms with E-state index in [0.29, 0.717) is 31.0 Å². The van der Waals surface area contributed by atoms with Gasteiger partial charge in [-0.05, 0) is 49.1 Å². The maximum absolute atomic E-state index is 14.1. The van der Waals surface area contributed by atoms with Gasteiger partial charge in [-0.3, -0.25) is 9.89 Å². The minimum absolute atomic E-state index is 0.00641. The molecule has 1 aliphatic carbocycles. The van der Waals surface area contributed by atoms with Gasteiger partial charge in [-0.2, -0.15) is 0 Å². The van der Waals surface area contributed by atoms with Crippen LogP contribution < -0.4 is 4.74 Å². The van der Waals surface area contributed by atoms with E-state index in [4.69, 9.17) is 4.74 Å². The SMILES string of the molecule is O=C(Oc1ccccc1)N1CCN(C2C=CC(C3CCC(c4c(F)cccc4F)=N3)=CC2)CC1. The molecule has 2 aromatic carbocycles. The van der Waals surface area contributed by atoms with Gasteiger partial charge >= 0.3 is 6.09 Å². The van der Waals surface area contributed by atoms with Crippen molar-refractivity contribution in [3.05, 3.63) is 89.5 Å². The van der Waals surface area contributed by atoms with Gasteiger partial charge in [0.05, 0.1) is 11.6 Å². The number of nitrogens with zero attached hydrogens (tertiary/aromatic N) is 3. The van der Waals surface area contributed by atoms with Gasteiger partial charge in [-0.25, -0.2) is 13.6 Å². The summed E-state index contributed by atoms with van der Waals surface area (Å²) >= 11 is 0. The summed E-state index contributed by atoms with van der Waals surface area (Å²) in [6.07, 6.45) is 8.34. The molecule has 7 heteroatoms. The largest absolute Gasteiger partial charge is 0.415 e. The van der Waals surface area contributed by atoms with Crippen LogP contribution in [0.1, 0.15) is 24.8 Å². The van der Waals surface area contributed by atoms with Crippen LogP contribution in [0.3, 0.4) is 0 Å². The summed E-state index contributed by atoms with van der Waals surface area (Å²) in [7, 11) is 0. The van der Waals surface area contributed by atoms with Gasteiger partial charge < -0.3 is 9.64 Å². The summed E-state index contributed by atoms with van der Waals surface area (Å²) < 4.78 is 33.7. The van der Waals surface area contributed by atoms with Crippen LogP contribution >= 0.6 is 0 Å². The Morgan fingerprint density at radius 2 is 1.71 bits per heavy atom. The van der Waals surface area contributed by atoms with Crippen molar-refractivity contribution in [2.45, 2.75) is 31.3 Å². The minimum Gasteiger partial charge on any atom is -0.410 e. The van der Waals surface area contributed by atoms with Gasteiger partial charge in [-0.1, -0.05) is 42.5 Å². The lowest BCUT2D eigenvalue weighted by atomic mass is 9.95. The number of hydrogen-bond acceptors (Lipinski definition) is 4. The highest BCUT2D eigenvalue weighted by Gasteiger charge is 2.29. The lowest BCUT2D eigenvalue weighted by Gasteiger charge is -2.38. The molecule has 5 nitrogen and oxygen atoms in total. The topological polar surface area (TPSA) is 45.1 Å². The van der Waals surface area contributed by atoms with Gasteiger partial charge in [0.25, 0.3) is 0 Å². The summed E-state index contributed by atoms with van der Waals surface area (Å²) in [5.74, 6) is -0.558. The predicted octanol–water partition coefficient (Wildman–Crippen LogP) is 4.99. The fraction of sp³-hybridized carbons (Fsp3) is 0.333. The molecule has 1 amide bonds. The fourth-order valence-electron chi connectivity index (χ4n) is 4.83. The van der Waals surface area contributed by atoms with E-state index < -0.39 is 11.6 Å². The third-order valence-electron chi connectivity index (χ3n) is 6.70. The minimum atomic E-state index is -0.556. The number of carbonyl (C=O) groups excluding carboxylic acids is 1. The molecule has 1 fully saturated rings. The van der Waals surface area contributed by atoms with E-state index in [1.807, 2.05) is 18.2 Å². The van der Waals surface area contributed by atoms with E-state index in [9.17, 15) is 13.6 Å². The van der Waals surface area contributed by atoms with E-state index in [1.54, 1.807) is 17.0 Å². The molecular formula is C27H27F2N3O2. The molecule has 0 aromatic heterocycles. The number of ether oxygens (including phenoxy) is 1. The molecule has 2 heterocycles. The average Bonchev–Trinajstić information content (AvgIpc) is 3.34. The van der Waals surface area contributed by atoms with Crippen LogP contribution in [0.2, 0.25) is 0 Å². The smallest absolute Gasteiger partial charge is 0.410 e. The fourth-order valence-corrected chi connectivity index (χ4v) is 4.83. The maximum Gasteiger partial charge on any atom is 0.415 e. The molecule has 34 heavy (non-hydrogen) atoms. The standard InChI is InChI=1S/C27H27F2N3O2/c28-22-7-4-8-23(29)26(22)25-14-13-24(30-25)19-9-11-20(12-10-19)31-15-17-32(18-16-31)27(33)34-21-5-2-1-3-6-21/h1-11,20,24H,12-18H2. The Labute approximate surface area is 198 Å². The Kier molecular flexibility index (Phi) is 6.54. The molecule has 176 valence electrons. The Morgan fingerprint density at radius 1 is 0.971 bits per heavy atom. The third kappa shape index (κ3) is 4.80. The molecule has 0 bridgehead atoms. The predicted molar refractivity (Wildman–Crippen MR) is 127 cm³/mol. The number of hydrogen-bond donors (Lipinski definition) is 0. The Hall–Kier alpha value is -3.32. The van der Waals surface area contributed by atoms with Gasteiger partial charge in [-0.15, -0.1) is 0 Å². The van der Waals surface area contributed by atoms with Crippen LogP contribution in [0.25, 0.3) is 0 Å². The van der Waals surface area contributed by atoms with Crippen LogP contribution in [0.5, 0.6) is 5.75 Å². The number of aliphatic imine (C=N–C) groups is 1. The van der Waals surface area contributed by atoms with Crippen molar-refractivity contribution in [3.8, 4) is 5.75 Å². The first kappa shape index (κ1) is 22.5. The number of piperazine rings is 1. The molecule has 2 aliphatic heterocycles. The van der Waals surface area contributed by atoms with Crippen molar-refractivity contribution >= 4 is 11.8 Å². The zero-order valence-corrected chi connectivity index (χ0v) is 18.9. The van der Waals surface area contributed by atoms with Crippen LogP contribution in [0.15, 0.2) is 77.3 Å². The maximum atomic E-state index is 14.1. The van der Waals surface area contributed by atoms with E-state index in [-0.39, 0.29) is 23.7 Å². The molecule has 0 spiro atoms. The van der Waals surface area contributed by atoms with Crippen LogP contribution in [0.4, 0.5) is 13.6 Å². The van der Waals surface area contributed by atoms with Crippen LogP contribution in [-0.4, -0.2) is 59.9 Å². The van der Waals surface area contributed by atoms with Crippen molar-refractivity contribution in [1.29, 1.82) is 0 Å². The van der Waals surface area contributed by atoms with Crippen molar-refractivity contribution in [1.82, 2.24) is 9.80 Å². The highest BCUT2D eigenvalue weighted by molar-refractivity contribution is 6.02. The Bertz CT molecular complexity index is 1120. The second-order valence-corrected chi connectivity index (χ2v) is 8.80. The van der Waals surface area contributed by atoms with Gasteiger partial charge in [0.2, 0.25) is 0 Å². The zero-order chi connectivity index (χ0) is 23.5. The van der Waals surface area contributed by atoms with Crippen LogP contribution in [0, 0.1) is 11.6 Å². The number of rotatable bonds is 4. The molecule has 0 radical (unpaired) electrons. The zero-order valence-electron chi connectivity index (χ0n) is 18.9. The number of benzene rings is 2. The normalized spacial score (nSPS) is 22.9. The lowest BCUT2D eigenvalue weighted by Crippen LogP contribution is -2.52. The van der Waals surface area contributed by atoms with Crippen LogP contribution in [-0.2, 0) is 0 Å². The van der Waals surface area contributed by atoms with Crippen molar-refractivity contribution in [3.63, 3.8) is 0 Å². The molecular weight excluding hydrogens is 436 g/mol. The van der Waals surface area contributed by atoms with E-state index in [1.165, 1.54) is 18.2 Å². The monoisotopic (exact) mass is 463 g/mol. The van der Waals surface area contributed by atoms with Gasteiger partial charge in [0.15, 0.2) is 0 Å². The van der Waals surface area contributed by atoms with Crippen molar-refractivity contribution < 1.29 is 18.3 Å². The highest BCUT2D eigenvalue weighted by atomic mass is 19.1. The molecule has 2 unspecified atom stereocenters. The average molecular weight is 464 g/mol. The number of amides is 1. The molecule has 2 aromatic rings. The van der Waals surface area contributed by atoms with Crippen molar-refractivity contribution in [2.75, 3.05) is 26.2 Å². The summed E-state index contributed by atoms with van der Waals surface area (Å²) in [5.41, 5.74) is 1.62. The second-order valence-electron chi connectivity index (χ2n) is 8.80. The summed E-state index contributed by atoms with van der Waals surface area (Å²) in [5, 5.41) is 0. The number of para-hydroxylation sites is 1. The Balaban J connectivity index is 1.14. The first-order valence-corrected chi connectivity index (χ1v) is 11.7. The van der Waals surface area contributed by atoms with E-state index in [0.717, 1.165) is 31.5 Å². The first-order chi connectivity index (χ1) is 16.6. The molecule has 3 aliphatic rings. The first-order valence-electron chi connectivity index (χ1n) is 11.7. The molecule has 1 saturated heterocycles. The molecule has 0 N–H and O–H groups in total. The van der Waals surface area contributed by atoms with E-state index >= 15 is 0 Å². The lowest BCUT2D eigenvalue weighted by molar-refractivity contribution is 0.0990. The summed E-state index contributed by atoms with van der Waals surface area (Å²) in [6.45, 7) is 2.80. The van der Waals surface area contributed by atoms with E-state index in [2.05, 4.69) is 28.1 Å². The number of carbonyl (C=O) groups is 1. The molecule has 5 rings (SSSR count). The Morgan fingerprint density at radius 3 is 2.38 bits per heavy atom. The summed E-state index contributed by atoms with van der Waals surface area (Å²) in [6, 6.07) is 13.2. The summed E-state index contributed by atoms with van der Waals surface area (Å²) in [4.78, 5) is 21.2. The quantitative estimate of drug-likeness (QED) is 0.642.